The van der Waals surface area contributed by atoms with E-state index in [1.54, 1.807) is 0 Å². The van der Waals surface area contributed by atoms with Gasteiger partial charge in [0.05, 0.1) is 26.4 Å². The van der Waals surface area contributed by atoms with Crippen molar-refractivity contribution in [1.29, 1.82) is 0 Å². The van der Waals surface area contributed by atoms with Crippen LogP contribution in [0.2, 0.25) is 0 Å². The first-order chi connectivity index (χ1) is 20.3. The molecule has 0 atom stereocenters. The number of aldehydes is 1. The van der Waals surface area contributed by atoms with E-state index in [9.17, 15) is 4.79 Å². The maximum absolute atomic E-state index is 10.3. The lowest BCUT2D eigenvalue weighted by atomic mass is 9.79. The van der Waals surface area contributed by atoms with Gasteiger partial charge in [-0.15, -0.1) is 0 Å². The Bertz CT molecular complexity index is 1410. The van der Waals surface area contributed by atoms with E-state index in [1.165, 1.54) is 33.4 Å². The van der Waals surface area contributed by atoms with Crippen LogP contribution in [0.15, 0.2) is 103 Å². The Balaban J connectivity index is 1.28. The van der Waals surface area contributed by atoms with Crippen LogP contribution in [0, 0.1) is 0 Å². The van der Waals surface area contributed by atoms with Gasteiger partial charge in [0.2, 0.25) is 0 Å². The number of hydrogen-bond acceptors (Lipinski definition) is 5. The van der Waals surface area contributed by atoms with Crippen molar-refractivity contribution in [3.8, 4) is 11.5 Å². The summed E-state index contributed by atoms with van der Waals surface area (Å²) in [5.74, 6) is 1.70. The number of carbonyl (C=O) groups excluding carboxylic acids is 1. The van der Waals surface area contributed by atoms with Crippen LogP contribution in [0.25, 0.3) is 11.1 Å². The first kappa shape index (κ1) is 28.3. The average Bonchev–Trinajstić information content (AvgIpc) is 3.03. The molecule has 0 saturated carbocycles. The van der Waals surface area contributed by atoms with Crippen LogP contribution in [0.4, 0.5) is 0 Å². The molecule has 5 nitrogen and oxygen atoms in total. The molecule has 41 heavy (non-hydrogen) atoms. The Hall–Kier alpha value is -4.19. The number of ether oxygens (including phenoxy) is 4. The molecule has 1 aliphatic carbocycles. The zero-order chi connectivity index (χ0) is 28.1. The van der Waals surface area contributed by atoms with Gasteiger partial charge in [0.1, 0.15) is 31.0 Å². The summed E-state index contributed by atoms with van der Waals surface area (Å²) in [6, 6.07) is 35.8. The highest BCUT2D eigenvalue weighted by molar-refractivity contribution is 6.00. The maximum Gasteiger partial charge on any atom is 0.122 e. The molecule has 0 saturated heterocycles. The first-order valence-corrected chi connectivity index (χ1v) is 14.2. The molecule has 0 bridgehead atoms. The Morgan fingerprint density at radius 2 is 1.29 bits per heavy atom. The smallest absolute Gasteiger partial charge is 0.122 e. The molecule has 0 amide bonds. The summed E-state index contributed by atoms with van der Waals surface area (Å²) in [4.78, 5) is 10.3. The van der Waals surface area contributed by atoms with E-state index in [0.29, 0.717) is 46.1 Å². The van der Waals surface area contributed by atoms with E-state index in [-0.39, 0.29) is 0 Å². The van der Waals surface area contributed by atoms with Gasteiger partial charge in [-0.3, -0.25) is 0 Å². The maximum atomic E-state index is 10.3. The average molecular weight is 549 g/mol. The molecular weight excluding hydrogens is 512 g/mol. The Labute approximate surface area is 242 Å². The van der Waals surface area contributed by atoms with Gasteiger partial charge < -0.3 is 23.7 Å². The monoisotopic (exact) mass is 548 g/mol. The number of benzene rings is 4. The van der Waals surface area contributed by atoms with Gasteiger partial charge in [0, 0.05) is 6.42 Å². The molecule has 0 fully saturated rings. The Morgan fingerprint density at radius 3 is 2.05 bits per heavy atom. The zero-order valence-electron chi connectivity index (χ0n) is 23.3. The highest BCUT2D eigenvalue weighted by Gasteiger charge is 2.22. The van der Waals surface area contributed by atoms with Crippen molar-refractivity contribution in [3.63, 3.8) is 0 Å². The summed E-state index contributed by atoms with van der Waals surface area (Å²) < 4.78 is 22.9. The molecule has 5 heteroatoms. The van der Waals surface area contributed by atoms with Crippen LogP contribution in [0.3, 0.4) is 0 Å². The van der Waals surface area contributed by atoms with Crippen LogP contribution >= 0.6 is 0 Å². The minimum absolute atomic E-state index is 0.415. The molecule has 0 heterocycles. The van der Waals surface area contributed by atoms with E-state index < -0.39 is 0 Å². The molecule has 0 N–H and O–H groups in total. The van der Waals surface area contributed by atoms with Crippen molar-refractivity contribution >= 4 is 17.4 Å². The number of hydrogen-bond donors (Lipinski definition) is 0. The van der Waals surface area contributed by atoms with Crippen molar-refractivity contribution in [3.05, 3.63) is 131 Å². The standard InChI is InChI=1S/C36H36O5/c37-20-7-21-38-22-23-39-24-25-40-32-15-12-30(13-16-32)36-34(29-10-5-2-6-11-29)18-14-31-26-33(17-19-35(31)36)41-27-28-8-3-1-4-9-28/h1-6,8-13,15-17,19-20,26H,7,14,18,21-25,27H2. The summed E-state index contributed by atoms with van der Waals surface area (Å²) in [5.41, 5.74) is 8.75. The topological polar surface area (TPSA) is 54.0 Å². The predicted octanol–water partition coefficient (Wildman–Crippen LogP) is 7.17. The third-order valence-electron chi connectivity index (χ3n) is 7.05. The van der Waals surface area contributed by atoms with E-state index in [2.05, 4.69) is 72.8 Å². The summed E-state index contributed by atoms with van der Waals surface area (Å²) in [6.07, 6.45) is 3.20. The van der Waals surface area contributed by atoms with Gasteiger partial charge in [0.15, 0.2) is 0 Å². The number of aryl methyl sites for hydroxylation is 1. The van der Waals surface area contributed by atoms with Crippen LogP contribution in [0.1, 0.15) is 40.7 Å². The van der Waals surface area contributed by atoms with Crippen molar-refractivity contribution in [1.82, 2.24) is 0 Å². The molecule has 5 rings (SSSR count). The second kappa shape index (κ2) is 15.0. The molecule has 210 valence electrons. The van der Waals surface area contributed by atoms with Crippen molar-refractivity contribution < 1.29 is 23.7 Å². The van der Waals surface area contributed by atoms with Crippen LogP contribution in [0.5, 0.6) is 11.5 Å². The van der Waals surface area contributed by atoms with Crippen molar-refractivity contribution in [2.24, 2.45) is 0 Å². The van der Waals surface area contributed by atoms with E-state index in [0.717, 1.165) is 36.2 Å². The summed E-state index contributed by atoms with van der Waals surface area (Å²) in [6.45, 7) is 2.88. The summed E-state index contributed by atoms with van der Waals surface area (Å²) in [5, 5.41) is 0. The van der Waals surface area contributed by atoms with Crippen LogP contribution in [-0.4, -0.2) is 39.3 Å². The molecule has 0 unspecified atom stereocenters. The Kier molecular flexibility index (Phi) is 10.4. The fourth-order valence-corrected chi connectivity index (χ4v) is 5.05. The van der Waals surface area contributed by atoms with Gasteiger partial charge in [0.25, 0.3) is 0 Å². The van der Waals surface area contributed by atoms with Crippen LogP contribution < -0.4 is 9.47 Å². The normalized spacial score (nSPS) is 12.6. The molecule has 0 aromatic heterocycles. The lowest BCUT2D eigenvalue weighted by Gasteiger charge is -2.25. The van der Waals surface area contributed by atoms with Crippen molar-refractivity contribution in [2.45, 2.75) is 25.9 Å². The van der Waals surface area contributed by atoms with E-state index in [4.69, 9.17) is 18.9 Å². The van der Waals surface area contributed by atoms with E-state index in [1.807, 2.05) is 30.3 Å². The van der Waals surface area contributed by atoms with Gasteiger partial charge in [-0.1, -0.05) is 78.9 Å². The highest BCUT2D eigenvalue weighted by Crippen LogP contribution is 2.42. The second-order valence-corrected chi connectivity index (χ2v) is 9.87. The lowest BCUT2D eigenvalue weighted by molar-refractivity contribution is -0.108. The number of allylic oxidation sites excluding steroid dienone is 1. The zero-order valence-corrected chi connectivity index (χ0v) is 23.3. The number of rotatable bonds is 15. The third-order valence-corrected chi connectivity index (χ3v) is 7.05. The third kappa shape index (κ3) is 7.94. The van der Waals surface area contributed by atoms with Gasteiger partial charge in [-0.2, -0.15) is 0 Å². The fraction of sp³-hybridized carbons (Fsp3) is 0.250. The van der Waals surface area contributed by atoms with Gasteiger partial charge in [-0.25, -0.2) is 0 Å². The molecule has 4 aromatic rings. The molecule has 0 spiro atoms. The Morgan fingerprint density at radius 1 is 0.610 bits per heavy atom. The minimum Gasteiger partial charge on any atom is -0.491 e. The van der Waals surface area contributed by atoms with Gasteiger partial charge >= 0.3 is 0 Å². The molecule has 0 aliphatic heterocycles. The molecule has 1 aliphatic rings. The molecule has 4 aromatic carbocycles. The summed E-state index contributed by atoms with van der Waals surface area (Å²) in [7, 11) is 0. The number of carbonyl (C=O) groups is 1. The van der Waals surface area contributed by atoms with Crippen LogP contribution in [-0.2, 0) is 27.3 Å². The van der Waals surface area contributed by atoms with Crippen molar-refractivity contribution in [2.75, 3.05) is 33.0 Å². The minimum atomic E-state index is 0.415. The number of fused-ring (bicyclic) bond motifs is 1. The molecular formula is C36H36O5. The SMILES string of the molecule is O=CCCOCCOCCOc1ccc(C2=C(c3ccccc3)CCc3cc(OCc4ccccc4)ccc32)cc1. The summed E-state index contributed by atoms with van der Waals surface area (Å²) >= 11 is 0. The fourth-order valence-electron chi connectivity index (χ4n) is 5.05. The second-order valence-electron chi connectivity index (χ2n) is 9.87. The predicted molar refractivity (Wildman–Crippen MR) is 162 cm³/mol. The van der Waals surface area contributed by atoms with Gasteiger partial charge in [-0.05, 0) is 76.1 Å². The first-order valence-electron chi connectivity index (χ1n) is 14.2. The highest BCUT2D eigenvalue weighted by atomic mass is 16.5. The molecule has 0 radical (unpaired) electrons. The largest absolute Gasteiger partial charge is 0.491 e. The lowest BCUT2D eigenvalue weighted by Crippen LogP contribution is -2.11. The quantitative estimate of drug-likeness (QED) is 0.116. The van der Waals surface area contributed by atoms with E-state index >= 15 is 0 Å².